The number of alkyl halides is 3. The van der Waals surface area contributed by atoms with Gasteiger partial charge in [0.1, 0.15) is 6.61 Å². The van der Waals surface area contributed by atoms with Crippen LogP contribution < -0.4 is 5.32 Å². The summed E-state index contributed by atoms with van der Waals surface area (Å²) in [4.78, 5) is 0. The van der Waals surface area contributed by atoms with E-state index < -0.39 is 12.8 Å². The van der Waals surface area contributed by atoms with Crippen molar-refractivity contribution in [3.05, 3.63) is 34.3 Å². The molecule has 118 valence electrons. The first kappa shape index (κ1) is 16.8. The molecule has 2 nitrogen and oxygen atoms in total. The maximum atomic E-state index is 12.2. The minimum absolute atomic E-state index is 0.0501. The summed E-state index contributed by atoms with van der Waals surface area (Å²) in [6.07, 6.45) is -1.22. The molecular weight excluding hydrogens is 347 g/mol. The second-order valence-corrected chi connectivity index (χ2v) is 6.43. The average molecular weight is 366 g/mol. The van der Waals surface area contributed by atoms with Gasteiger partial charge in [-0.15, -0.1) is 0 Å². The van der Waals surface area contributed by atoms with Crippen LogP contribution in [0, 0.1) is 5.92 Å². The summed E-state index contributed by atoms with van der Waals surface area (Å²) in [5.41, 5.74) is 1.11. The zero-order valence-corrected chi connectivity index (χ0v) is 13.2. The van der Waals surface area contributed by atoms with Gasteiger partial charge in [-0.05, 0) is 42.9 Å². The van der Waals surface area contributed by atoms with Crippen molar-refractivity contribution >= 4 is 15.9 Å². The molecule has 0 heterocycles. The fourth-order valence-electron chi connectivity index (χ4n) is 2.11. The molecule has 21 heavy (non-hydrogen) atoms. The van der Waals surface area contributed by atoms with Crippen molar-refractivity contribution in [2.24, 2.45) is 5.92 Å². The average Bonchev–Trinajstić information content (AvgIpc) is 3.21. The van der Waals surface area contributed by atoms with Gasteiger partial charge in [-0.2, -0.15) is 13.2 Å². The van der Waals surface area contributed by atoms with Crippen LogP contribution in [0.25, 0.3) is 0 Å². The third kappa shape index (κ3) is 7.29. The summed E-state index contributed by atoms with van der Waals surface area (Å²) < 4.78 is 42.3. The van der Waals surface area contributed by atoms with E-state index in [9.17, 15) is 13.2 Å². The molecule has 1 fully saturated rings. The van der Waals surface area contributed by atoms with E-state index in [1.54, 1.807) is 0 Å². The molecule has 0 aliphatic heterocycles. The Kier molecular flexibility index (Phi) is 6.08. The molecule has 0 amide bonds. The number of halogens is 4. The third-order valence-corrected chi connectivity index (χ3v) is 3.86. The first-order valence-corrected chi connectivity index (χ1v) is 7.84. The van der Waals surface area contributed by atoms with Crippen molar-refractivity contribution in [1.29, 1.82) is 0 Å². The van der Waals surface area contributed by atoms with Crippen LogP contribution >= 0.6 is 15.9 Å². The van der Waals surface area contributed by atoms with Crippen LogP contribution in [-0.2, 0) is 11.2 Å². The summed E-state index contributed by atoms with van der Waals surface area (Å²) >= 11 is 3.37. The van der Waals surface area contributed by atoms with E-state index in [1.807, 2.05) is 24.3 Å². The SMILES string of the molecule is FC(F)(F)COCC(CNC1CC1)Cc1ccc(Br)cc1. The van der Waals surface area contributed by atoms with Crippen molar-refractivity contribution in [3.63, 3.8) is 0 Å². The summed E-state index contributed by atoms with van der Waals surface area (Å²) in [7, 11) is 0. The van der Waals surface area contributed by atoms with Crippen LogP contribution in [0.1, 0.15) is 18.4 Å². The maximum absolute atomic E-state index is 12.2. The second kappa shape index (κ2) is 7.61. The van der Waals surface area contributed by atoms with E-state index >= 15 is 0 Å². The lowest BCUT2D eigenvalue weighted by Gasteiger charge is -2.18. The zero-order valence-electron chi connectivity index (χ0n) is 11.6. The van der Waals surface area contributed by atoms with E-state index in [0.29, 0.717) is 19.0 Å². The number of nitrogens with one attached hydrogen (secondary N) is 1. The van der Waals surface area contributed by atoms with Gasteiger partial charge in [-0.1, -0.05) is 28.1 Å². The Hall–Kier alpha value is -0.590. The van der Waals surface area contributed by atoms with Crippen molar-refractivity contribution in [1.82, 2.24) is 5.32 Å². The monoisotopic (exact) mass is 365 g/mol. The molecule has 1 atom stereocenters. The van der Waals surface area contributed by atoms with Crippen LogP contribution in [0.4, 0.5) is 13.2 Å². The number of hydrogen-bond acceptors (Lipinski definition) is 2. The molecule has 0 aromatic heterocycles. The van der Waals surface area contributed by atoms with Gasteiger partial charge in [-0.25, -0.2) is 0 Å². The van der Waals surface area contributed by atoms with Crippen molar-refractivity contribution < 1.29 is 17.9 Å². The molecule has 1 aliphatic carbocycles. The molecule has 2 rings (SSSR count). The molecule has 0 spiro atoms. The molecular formula is C15H19BrF3NO. The Bertz CT molecular complexity index is 432. The molecule has 1 aromatic carbocycles. The Morgan fingerprint density at radius 2 is 1.90 bits per heavy atom. The quantitative estimate of drug-likeness (QED) is 0.753. The van der Waals surface area contributed by atoms with Gasteiger partial charge in [-0.3, -0.25) is 0 Å². The highest BCUT2D eigenvalue weighted by molar-refractivity contribution is 9.10. The van der Waals surface area contributed by atoms with E-state index in [2.05, 4.69) is 21.2 Å². The Morgan fingerprint density at radius 1 is 1.24 bits per heavy atom. The predicted molar refractivity (Wildman–Crippen MR) is 79.2 cm³/mol. The van der Waals surface area contributed by atoms with E-state index in [0.717, 1.165) is 22.9 Å². The van der Waals surface area contributed by atoms with Gasteiger partial charge in [0.2, 0.25) is 0 Å². The van der Waals surface area contributed by atoms with Gasteiger partial charge in [0.05, 0.1) is 6.61 Å². The molecule has 0 saturated heterocycles. The van der Waals surface area contributed by atoms with Crippen molar-refractivity contribution in [2.45, 2.75) is 31.5 Å². The first-order valence-electron chi connectivity index (χ1n) is 7.05. The summed E-state index contributed by atoms with van der Waals surface area (Å²) in [6, 6.07) is 8.39. The number of rotatable bonds is 8. The number of hydrogen-bond donors (Lipinski definition) is 1. The lowest BCUT2D eigenvalue weighted by Crippen LogP contribution is -2.30. The smallest absolute Gasteiger partial charge is 0.372 e. The largest absolute Gasteiger partial charge is 0.411 e. The number of ether oxygens (including phenoxy) is 1. The molecule has 1 aliphatic rings. The van der Waals surface area contributed by atoms with Crippen LogP contribution in [0.15, 0.2) is 28.7 Å². The van der Waals surface area contributed by atoms with Crippen molar-refractivity contribution in [3.8, 4) is 0 Å². The molecule has 1 saturated carbocycles. The third-order valence-electron chi connectivity index (χ3n) is 3.33. The van der Waals surface area contributed by atoms with E-state index in [-0.39, 0.29) is 12.5 Å². The normalized spacial score (nSPS) is 17.0. The van der Waals surface area contributed by atoms with Gasteiger partial charge < -0.3 is 10.1 Å². The first-order chi connectivity index (χ1) is 9.92. The Morgan fingerprint density at radius 3 is 2.48 bits per heavy atom. The zero-order chi connectivity index (χ0) is 15.3. The molecule has 1 N–H and O–H groups in total. The van der Waals surface area contributed by atoms with Gasteiger partial charge in [0, 0.05) is 17.1 Å². The highest BCUT2D eigenvalue weighted by atomic mass is 79.9. The lowest BCUT2D eigenvalue weighted by atomic mass is 10.00. The maximum Gasteiger partial charge on any atom is 0.411 e. The Labute approximate surface area is 131 Å². The summed E-state index contributed by atoms with van der Waals surface area (Å²) in [6.45, 7) is -0.360. The number of benzene rings is 1. The molecule has 0 bridgehead atoms. The summed E-state index contributed by atoms with van der Waals surface area (Å²) in [5.74, 6) is 0.0501. The van der Waals surface area contributed by atoms with Crippen LogP contribution in [-0.4, -0.2) is 32.0 Å². The summed E-state index contributed by atoms with van der Waals surface area (Å²) in [5, 5.41) is 3.37. The fraction of sp³-hybridized carbons (Fsp3) is 0.600. The highest BCUT2D eigenvalue weighted by Crippen LogP contribution is 2.21. The van der Waals surface area contributed by atoms with Gasteiger partial charge >= 0.3 is 6.18 Å². The lowest BCUT2D eigenvalue weighted by molar-refractivity contribution is -0.176. The standard InChI is InChI=1S/C15H19BrF3NO/c16-13-3-1-11(2-4-13)7-12(8-20-14-5-6-14)9-21-10-15(17,18)19/h1-4,12,14,20H,5-10H2. The fourth-order valence-corrected chi connectivity index (χ4v) is 2.37. The van der Waals surface area contributed by atoms with E-state index in [4.69, 9.17) is 4.74 Å². The van der Waals surface area contributed by atoms with Gasteiger partial charge in [0.15, 0.2) is 0 Å². The second-order valence-electron chi connectivity index (χ2n) is 5.51. The molecule has 1 unspecified atom stereocenters. The topological polar surface area (TPSA) is 21.3 Å². The highest BCUT2D eigenvalue weighted by Gasteiger charge is 2.28. The van der Waals surface area contributed by atoms with Crippen LogP contribution in [0.2, 0.25) is 0 Å². The van der Waals surface area contributed by atoms with Gasteiger partial charge in [0.25, 0.3) is 0 Å². The van der Waals surface area contributed by atoms with Crippen LogP contribution in [0.3, 0.4) is 0 Å². The molecule has 0 radical (unpaired) electrons. The minimum atomic E-state index is -4.26. The van der Waals surface area contributed by atoms with Crippen molar-refractivity contribution in [2.75, 3.05) is 19.8 Å². The van der Waals surface area contributed by atoms with E-state index in [1.165, 1.54) is 0 Å². The minimum Gasteiger partial charge on any atom is -0.372 e. The Balaban J connectivity index is 1.82. The predicted octanol–water partition coefficient (Wildman–Crippen LogP) is 3.94. The molecule has 1 aromatic rings. The molecule has 6 heteroatoms. The van der Waals surface area contributed by atoms with Crippen LogP contribution in [0.5, 0.6) is 0 Å².